The molecule has 1 N–H and O–H groups in total. The molecule has 0 spiro atoms. The lowest BCUT2D eigenvalue weighted by atomic mass is 10.1. The van der Waals surface area contributed by atoms with E-state index < -0.39 is 0 Å². The number of thiocarbonyl (C=S) groups is 1. The summed E-state index contributed by atoms with van der Waals surface area (Å²) < 4.78 is 11.1. The Bertz CT molecular complexity index is 853. The van der Waals surface area contributed by atoms with Crippen molar-refractivity contribution >= 4 is 40.3 Å². The molecule has 0 unspecified atom stereocenters. The van der Waals surface area contributed by atoms with E-state index in [4.69, 9.17) is 21.7 Å². The summed E-state index contributed by atoms with van der Waals surface area (Å²) in [6, 6.07) is 15.3. The summed E-state index contributed by atoms with van der Waals surface area (Å²) in [4.78, 5) is 13.2. The lowest BCUT2D eigenvalue weighted by Crippen LogP contribution is -2.40. The van der Waals surface area contributed by atoms with Gasteiger partial charge in [0.25, 0.3) is 5.91 Å². The number of benzene rings is 2. The number of nitrogens with zero attached hydrogens (tertiary/aromatic N) is 1. The predicted octanol–water partition coefficient (Wildman–Crippen LogP) is 3.61. The van der Waals surface area contributed by atoms with Crippen molar-refractivity contribution in [1.29, 1.82) is 0 Å². The molecule has 1 aliphatic rings. The van der Waals surface area contributed by atoms with Gasteiger partial charge in [0, 0.05) is 18.2 Å². The highest BCUT2D eigenvalue weighted by molar-refractivity contribution is 8.26. The molecule has 1 saturated heterocycles. The molecule has 2 aromatic carbocycles. The molecule has 1 aliphatic heterocycles. The summed E-state index contributed by atoms with van der Waals surface area (Å²) in [5, 5.41) is 1.41. The van der Waals surface area contributed by atoms with E-state index in [0.717, 1.165) is 11.1 Å². The van der Waals surface area contributed by atoms with Crippen LogP contribution in [0.2, 0.25) is 0 Å². The summed E-state index contributed by atoms with van der Waals surface area (Å²) in [5.41, 5.74) is 4.95. The smallest absolute Gasteiger partial charge is 0.280 e. The van der Waals surface area contributed by atoms with Crippen molar-refractivity contribution in [2.75, 3.05) is 14.2 Å². The minimum absolute atomic E-state index is 0.172. The van der Waals surface area contributed by atoms with Gasteiger partial charge >= 0.3 is 0 Å². The molecular weight excluding hydrogens is 368 g/mol. The van der Waals surface area contributed by atoms with Gasteiger partial charge in [0.05, 0.1) is 19.1 Å². The fourth-order valence-corrected chi connectivity index (χ4v) is 3.66. The van der Waals surface area contributed by atoms with Crippen molar-refractivity contribution in [3.63, 3.8) is 0 Å². The standard InChI is InChI=1S/C19H18N2O3S2/c1-23-15-9-8-14(16(11-15)24-2)10-17-18(22)21(19(25)26-17)20-12-13-6-4-3-5-7-13/h3-11,20H,12H2,1-2H3/b17-10+. The van der Waals surface area contributed by atoms with E-state index in [-0.39, 0.29) is 5.91 Å². The molecule has 2 aromatic rings. The first kappa shape index (κ1) is 18.4. The third-order valence-electron chi connectivity index (χ3n) is 3.81. The normalized spacial score (nSPS) is 15.6. The van der Waals surface area contributed by atoms with E-state index in [1.165, 1.54) is 16.8 Å². The Balaban J connectivity index is 1.77. The van der Waals surface area contributed by atoms with Crippen molar-refractivity contribution in [2.24, 2.45) is 0 Å². The van der Waals surface area contributed by atoms with E-state index in [0.29, 0.717) is 27.3 Å². The maximum Gasteiger partial charge on any atom is 0.280 e. The molecule has 0 radical (unpaired) electrons. The van der Waals surface area contributed by atoms with Crippen LogP contribution in [0.25, 0.3) is 6.08 Å². The second-order valence-electron chi connectivity index (χ2n) is 5.45. The maximum absolute atomic E-state index is 12.7. The highest BCUT2D eigenvalue weighted by Crippen LogP contribution is 2.34. The van der Waals surface area contributed by atoms with Gasteiger partial charge in [-0.15, -0.1) is 0 Å². The van der Waals surface area contributed by atoms with Crippen LogP contribution in [0, 0.1) is 0 Å². The molecule has 1 heterocycles. The number of hydrogen-bond donors (Lipinski definition) is 1. The van der Waals surface area contributed by atoms with Crippen LogP contribution in [-0.4, -0.2) is 29.5 Å². The molecule has 1 amide bonds. The first-order chi connectivity index (χ1) is 12.6. The lowest BCUT2D eigenvalue weighted by molar-refractivity contribution is -0.124. The Labute approximate surface area is 161 Å². The van der Waals surface area contributed by atoms with Crippen molar-refractivity contribution in [2.45, 2.75) is 6.54 Å². The van der Waals surface area contributed by atoms with Gasteiger partial charge < -0.3 is 9.47 Å². The summed E-state index contributed by atoms with van der Waals surface area (Å²) >= 11 is 6.60. The van der Waals surface area contributed by atoms with Crippen LogP contribution < -0.4 is 14.9 Å². The number of nitrogens with one attached hydrogen (secondary N) is 1. The molecule has 0 atom stereocenters. The van der Waals surface area contributed by atoms with Gasteiger partial charge in [0.1, 0.15) is 11.5 Å². The third-order valence-corrected chi connectivity index (χ3v) is 5.11. The molecule has 0 saturated carbocycles. The Kier molecular flexibility index (Phi) is 5.92. The first-order valence-corrected chi connectivity index (χ1v) is 9.12. The zero-order chi connectivity index (χ0) is 18.5. The average molecular weight is 386 g/mol. The summed E-state index contributed by atoms with van der Waals surface area (Å²) in [6.07, 6.45) is 1.78. The van der Waals surface area contributed by atoms with E-state index in [1.807, 2.05) is 42.5 Å². The molecule has 0 bridgehead atoms. The number of hydrazine groups is 1. The zero-order valence-electron chi connectivity index (χ0n) is 14.4. The van der Waals surface area contributed by atoms with Crippen molar-refractivity contribution in [3.05, 3.63) is 64.6 Å². The second kappa shape index (κ2) is 8.35. The molecule has 26 heavy (non-hydrogen) atoms. The average Bonchev–Trinajstić information content (AvgIpc) is 2.94. The van der Waals surface area contributed by atoms with E-state index >= 15 is 0 Å². The molecule has 5 nitrogen and oxygen atoms in total. The fourth-order valence-electron chi connectivity index (χ4n) is 2.45. The summed E-state index contributed by atoms with van der Waals surface area (Å²) in [5.74, 6) is 1.15. The van der Waals surface area contributed by atoms with Crippen LogP contribution in [0.1, 0.15) is 11.1 Å². The summed E-state index contributed by atoms with van der Waals surface area (Å²) in [6.45, 7) is 0.520. The van der Waals surface area contributed by atoms with Crippen LogP contribution >= 0.6 is 24.0 Å². The molecular formula is C19H18N2O3S2. The van der Waals surface area contributed by atoms with Crippen LogP contribution in [0.5, 0.6) is 11.5 Å². The number of carbonyl (C=O) groups is 1. The number of ether oxygens (including phenoxy) is 2. The number of thioether (sulfide) groups is 1. The molecule has 7 heteroatoms. The topological polar surface area (TPSA) is 50.8 Å². The number of rotatable bonds is 6. The molecule has 134 valence electrons. The predicted molar refractivity (Wildman–Crippen MR) is 108 cm³/mol. The van der Waals surface area contributed by atoms with Gasteiger partial charge in [0.2, 0.25) is 0 Å². The first-order valence-electron chi connectivity index (χ1n) is 7.90. The number of amides is 1. The van der Waals surface area contributed by atoms with Crippen LogP contribution in [-0.2, 0) is 11.3 Å². The SMILES string of the molecule is COc1ccc(/C=C2/SC(=S)N(NCc3ccccc3)C2=O)c(OC)c1. The van der Waals surface area contributed by atoms with Crippen molar-refractivity contribution < 1.29 is 14.3 Å². The van der Waals surface area contributed by atoms with E-state index in [9.17, 15) is 4.79 Å². The van der Waals surface area contributed by atoms with Gasteiger partial charge in [-0.25, -0.2) is 10.4 Å². The summed E-state index contributed by atoms with van der Waals surface area (Å²) in [7, 11) is 3.18. The van der Waals surface area contributed by atoms with Crippen LogP contribution in [0.4, 0.5) is 0 Å². The molecule has 1 fully saturated rings. The minimum atomic E-state index is -0.172. The zero-order valence-corrected chi connectivity index (χ0v) is 16.0. The Morgan fingerprint density at radius 1 is 1.15 bits per heavy atom. The fraction of sp³-hybridized carbons (Fsp3) is 0.158. The molecule has 3 rings (SSSR count). The Morgan fingerprint density at radius 3 is 2.62 bits per heavy atom. The second-order valence-corrected chi connectivity index (χ2v) is 7.12. The minimum Gasteiger partial charge on any atom is -0.497 e. The maximum atomic E-state index is 12.7. The van der Waals surface area contributed by atoms with Gasteiger partial charge in [-0.2, -0.15) is 0 Å². The quantitative estimate of drug-likeness (QED) is 0.605. The van der Waals surface area contributed by atoms with Crippen molar-refractivity contribution in [1.82, 2.24) is 10.4 Å². The third kappa shape index (κ3) is 4.07. The van der Waals surface area contributed by atoms with Crippen molar-refractivity contribution in [3.8, 4) is 11.5 Å². The highest BCUT2D eigenvalue weighted by atomic mass is 32.2. The lowest BCUT2D eigenvalue weighted by Gasteiger charge is -2.15. The highest BCUT2D eigenvalue weighted by Gasteiger charge is 2.32. The van der Waals surface area contributed by atoms with Crippen LogP contribution in [0.15, 0.2) is 53.4 Å². The van der Waals surface area contributed by atoms with E-state index in [2.05, 4.69) is 5.43 Å². The van der Waals surface area contributed by atoms with Gasteiger partial charge in [-0.05, 0) is 23.8 Å². The monoisotopic (exact) mass is 386 g/mol. The Hall–Kier alpha value is -2.35. The van der Waals surface area contributed by atoms with Gasteiger partial charge in [0.15, 0.2) is 4.32 Å². The number of hydrogen-bond acceptors (Lipinski definition) is 6. The van der Waals surface area contributed by atoms with Crippen LogP contribution in [0.3, 0.4) is 0 Å². The van der Waals surface area contributed by atoms with Gasteiger partial charge in [-0.3, -0.25) is 4.79 Å². The largest absolute Gasteiger partial charge is 0.497 e. The molecule has 0 aromatic heterocycles. The Morgan fingerprint density at radius 2 is 1.92 bits per heavy atom. The van der Waals surface area contributed by atoms with E-state index in [1.54, 1.807) is 26.4 Å². The van der Waals surface area contributed by atoms with Gasteiger partial charge in [-0.1, -0.05) is 54.3 Å². The number of carbonyl (C=O) groups excluding carboxylic acids is 1. The number of methoxy groups -OCH3 is 2. The molecule has 0 aliphatic carbocycles.